The first-order chi connectivity index (χ1) is 11.5. The number of benzene rings is 4. The molecule has 0 nitrogen and oxygen atoms in total. The van der Waals surface area contributed by atoms with Crippen LogP contribution in [0.3, 0.4) is 0 Å². The fourth-order valence-electron chi connectivity index (χ4n) is 3.09. The first kappa shape index (κ1) is 19.5. The average molecular weight is 440 g/mol. The Morgan fingerprint density at radius 2 is 0.920 bits per heavy atom. The molecule has 4 aromatic carbocycles. The molecule has 0 saturated heterocycles. The van der Waals surface area contributed by atoms with Crippen molar-refractivity contribution in [3.05, 3.63) is 95.1 Å². The predicted octanol–water partition coefficient (Wildman–Crippen LogP) is 7.53. The Hall–Kier alpha value is -1.87. The Bertz CT molecular complexity index is 922. The summed E-state index contributed by atoms with van der Waals surface area (Å²) >= 11 is 0. The Labute approximate surface area is 167 Å². The largest absolute Gasteiger partial charge is 0.107 e. The van der Waals surface area contributed by atoms with Gasteiger partial charge < -0.3 is 0 Å². The molecule has 0 aliphatic carbocycles. The monoisotopic (exact) mass is 440 g/mol. The van der Waals surface area contributed by atoms with Crippen LogP contribution in [-0.4, -0.2) is 0 Å². The molecule has 0 saturated carbocycles. The van der Waals surface area contributed by atoms with E-state index in [1.807, 2.05) is 0 Å². The van der Waals surface area contributed by atoms with Gasteiger partial charge in [0.1, 0.15) is 0 Å². The minimum Gasteiger partial charge on any atom is -0.107 e. The van der Waals surface area contributed by atoms with E-state index in [2.05, 4.69) is 100 Å². The van der Waals surface area contributed by atoms with Crippen molar-refractivity contribution < 1.29 is 0 Å². The number of aryl methyl sites for hydroxylation is 4. The lowest BCUT2D eigenvalue weighted by Gasteiger charge is -2.03. The Morgan fingerprint density at radius 3 is 1.36 bits per heavy atom. The molecule has 0 bridgehead atoms. The molecule has 0 N–H and O–H groups in total. The molecule has 0 spiro atoms. The number of hydrogen-bond acceptors (Lipinski definition) is 0. The lowest BCUT2D eigenvalue weighted by molar-refractivity contribution is 1.46. The van der Waals surface area contributed by atoms with Crippen LogP contribution in [0.5, 0.6) is 0 Å². The summed E-state index contributed by atoms with van der Waals surface area (Å²) in [6.07, 6.45) is 0. The Kier molecular flexibility index (Phi) is 6.60. The SMILES string of the molecule is Cc1ccc(C)c2ccccc12.Cc1ccc2ccc(C)cc2c1.I. The molecule has 25 heavy (non-hydrogen) atoms. The van der Waals surface area contributed by atoms with E-state index in [1.54, 1.807) is 0 Å². The van der Waals surface area contributed by atoms with Gasteiger partial charge in [0, 0.05) is 0 Å². The molecule has 4 rings (SSSR count). The van der Waals surface area contributed by atoms with Crippen molar-refractivity contribution in [3.8, 4) is 0 Å². The smallest absolute Gasteiger partial charge is 0.0152 e. The second kappa shape index (κ2) is 8.48. The highest BCUT2D eigenvalue weighted by molar-refractivity contribution is 14.0. The maximum atomic E-state index is 2.22. The van der Waals surface area contributed by atoms with E-state index in [4.69, 9.17) is 0 Å². The third-order valence-electron chi connectivity index (χ3n) is 4.51. The van der Waals surface area contributed by atoms with Gasteiger partial charge in [0.15, 0.2) is 0 Å². The molecule has 1 heteroatoms. The zero-order chi connectivity index (χ0) is 17.1. The van der Waals surface area contributed by atoms with Gasteiger partial charge in [-0.1, -0.05) is 83.9 Å². The number of rotatable bonds is 0. The molecule has 0 aliphatic heterocycles. The zero-order valence-electron chi connectivity index (χ0n) is 15.3. The van der Waals surface area contributed by atoms with E-state index in [9.17, 15) is 0 Å². The number of halogens is 1. The molecule has 0 heterocycles. The highest BCUT2D eigenvalue weighted by atomic mass is 127. The zero-order valence-corrected chi connectivity index (χ0v) is 17.7. The van der Waals surface area contributed by atoms with Gasteiger partial charge in [-0.25, -0.2) is 0 Å². The van der Waals surface area contributed by atoms with Crippen LogP contribution < -0.4 is 0 Å². The molecule has 0 amide bonds. The van der Waals surface area contributed by atoms with Crippen LogP contribution in [0.4, 0.5) is 0 Å². The second-order valence-corrected chi connectivity index (χ2v) is 6.60. The Balaban J connectivity index is 0.000000173. The minimum atomic E-state index is 0. The van der Waals surface area contributed by atoms with Crippen LogP contribution in [0.2, 0.25) is 0 Å². The molecule has 128 valence electrons. The van der Waals surface area contributed by atoms with Crippen LogP contribution in [0.1, 0.15) is 22.3 Å². The lowest BCUT2D eigenvalue weighted by atomic mass is 10.0. The normalized spacial score (nSPS) is 10.1. The minimum absolute atomic E-state index is 0. The van der Waals surface area contributed by atoms with Gasteiger partial charge in [-0.2, -0.15) is 0 Å². The molecule has 0 aromatic heterocycles. The first-order valence-corrected chi connectivity index (χ1v) is 8.46. The van der Waals surface area contributed by atoms with Gasteiger partial charge in [0.05, 0.1) is 0 Å². The van der Waals surface area contributed by atoms with Crippen LogP contribution in [-0.2, 0) is 0 Å². The van der Waals surface area contributed by atoms with Gasteiger partial charge >= 0.3 is 0 Å². The average Bonchev–Trinajstić information content (AvgIpc) is 2.59. The lowest BCUT2D eigenvalue weighted by Crippen LogP contribution is -1.80. The van der Waals surface area contributed by atoms with Crippen molar-refractivity contribution in [3.63, 3.8) is 0 Å². The summed E-state index contributed by atoms with van der Waals surface area (Å²) in [5.41, 5.74) is 5.37. The quantitative estimate of drug-likeness (QED) is 0.248. The van der Waals surface area contributed by atoms with E-state index >= 15 is 0 Å². The van der Waals surface area contributed by atoms with Gasteiger partial charge in [0.25, 0.3) is 0 Å². The number of hydrogen-bond donors (Lipinski definition) is 0. The fraction of sp³-hybridized carbons (Fsp3) is 0.167. The molecule has 0 aliphatic rings. The van der Waals surface area contributed by atoms with Gasteiger partial charge in [-0.05, 0) is 60.4 Å². The maximum absolute atomic E-state index is 2.22. The van der Waals surface area contributed by atoms with Crippen LogP contribution in [0.25, 0.3) is 21.5 Å². The van der Waals surface area contributed by atoms with E-state index in [0.717, 1.165) is 0 Å². The summed E-state index contributed by atoms with van der Waals surface area (Å²) in [5.74, 6) is 0. The van der Waals surface area contributed by atoms with Gasteiger partial charge in [-0.3, -0.25) is 0 Å². The predicted molar refractivity (Wildman–Crippen MR) is 122 cm³/mol. The van der Waals surface area contributed by atoms with Crippen LogP contribution >= 0.6 is 24.0 Å². The van der Waals surface area contributed by atoms with Crippen LogP contribution in [0.15, 0.2) is 72.8 Å². The second-order valence-electron chi connectivity index (χ2n) is 6.60. The van der Waals surface area contributed by atoms with Crippen LogP contribution in [0, 0.1) is 27.7 Å². The highest BCUT2D eigenvalue weighted by Gasteiger charge is 1.97. The molecule has 0 unspecified atom stereocenters. The maximum Gasteiger partial charge on any atom is -0.0152 e. The van der Waals surface area contributed by atoms with Crippen molar-refractivity contribution in [2.24, 2.45) is 0 Å². The first-order valence-electron chi connectivity index (χ1n) is 8.46. The van der Waals surface area contributed by atoms with E-state index in [0.29, 0.717) is 0 Å². The van der Waals surface area contributed by atoms with E-state index in [-0.39, 0.29) is 24.0 Å². The molecular formula is C24H25I. The van der Waals surface area contributed by atoms with E-state index < -0.39 is 0 Å². The highest BCUT2D eigenvalue weighted by Crippen LogP contribution is 2.21. The third-order valence-corrected chi connectivity index (χ3v) is 4.51. The summed E-state index contributed by atoms with van der Waals surface area (Å²) in [6, 6.07) is 26.0. The summed E-state index contributed by atoms with van der Waals surface area (Å²) in [5, 5.41) is 5.41. The summed E-state index contributed by atoms with van der Waals surface area (Å²) in [4.78, 5) is 0. The van der Waals surface area contributed by atoms with Crippen molar-refractivity contribution >= 4 is 45.5 Å². The molecule has 0 atom stereocenters. The molecule has 0 fully saturated rings. The van der Waals surface area contributed by atoms with Gasteiger partial charge in [0.2, 0.25) is 0 Å². The Morgan fingerprint density at radius 1 is 0.480 bits per heavy atom. The summed E-state index contributed by atoms with van der Waals surface area (Å²) in [6.45, 7) is 8.56. The third kappa shape index (κ3) is 4.60. The number of fused-ring (bicyclic) bond motifs is 2. The molecular weight excluding hydrogens is 415 g/mol. The summed E-state index contributed by atoms with van der Waals surface area (Å²) < 4.78 is 0. The summed E-state index contributed by atoms with van der Waals surface area (Å²) in [7, 11) is 0. The molecule has 0 radical (unpaired) electrons. The topological polar surface area (TPSA) is 0 Å². The fourth-order valence-corrected chi connectivity index (χ4v) is 3.09. The van der Waals surface area contributed by atoms with Crippen molar-refractivity contribution in [2.75, 3.05) is 0 Å². The van der Waals surface area contributed by atoms with Crippen molar-refractivity contribution in [1.29, 1.82) is 0 Å². The van der Waals surface area contributed by atoms with E-state index in [1.165, 1.54) is 43.8 Å². The standard InChI is InChI=1S/2C12H12.HI/c1-9-3-5-11-6-4-10(2)8-12(11)7-9;1-9-7-8-10(2)12-6-4-3-5-11(9)12;/h2*3-8H,1-2H3;1H. The molecule has 4 aromatic rings. The van der Waals surface area contributed by atoms with Gasteiger partial charge in [-0.15, -0.1) is 24.0 Å². The van der Waals surface area contributed by atoms with Crippen molar-refractivity contribution in [1.82, 2.24) is 0 Å². The van der Waals surface area contributed by atoms with Crippen molar-refractivity contribution in [2.45, 2.75) is 27.7 Å².